The van der Waals surface area contributed by atoms with Crippen LogP contribution in [0.25, 0.3) is 0 Å². The number of pyridine rings is 2. The Bertz CT molecular complexity index is 1060. The largest absolute Gasteiger partial charge is 0.434 e. The standard InChI is InChI=1S/C22H28F3N5OS/c1-13-5-6-21(18(13)27)7-10-30(11-8-21)16-12-14(26)17(20(31)29(16)2)32-15-4-3-9-28-19(15)22(23,24)25/h3-4,9,12-13,18H,5-8,10-11,26-27H2,1-2H3/t13-,18-/m1/s1. The van der Waals surface area contributed by atoms with Crippen molar-refractivity contribution in [2.24, 2.45) is 24.1 Å². The zero-order valence-corrected chi connectivity index (χ0v) is 19.0. The summed E-state index contributed by atoms with van der Waals surface area (Å²) in [4.78, 5) is 18.6. The van der Waals surface area contributed by atoms with Crippen molar-refractivity contribution in [2.75, 3.05) is 23.7 Å². The number of aromatic nitrogens is 2. The number of hydrogen-bond donors (Lipinski definition) is 2. The van der Waals surface area contributed by atoms with Crippen molar-refractivity contribution in [3.05, 3.63) is 40.4 Å². The van der Waals surface area contributed by atoms with Crippen LogP contribution in [0.4, 0.5) is 24.7 Å². The number of halogens is 3. The molecule has 6 nitrogen and oxygen atoms in total. The molecule has 2 fully saturated rings. The minimum Gasteiger partial charge on any atom is -0.398 e. The van der Waals surface area contributed by atoms with Crippen molar-refractivity contribution in [1.82, 2.24) is 9.55 Å². The number of anilines is 2. The number of hydrogen-bond acceptors (Lipinski definition) is 6. The van der Waals surface area contributed by atoms with Gasteiger partial charge in [0.25, 0.3) is 5.56 Å². The van der Waals surface area contributed by atoms with E-state index in [-0.39, 0.29) is 26.9 Å². The third-order valence-electron chi connectivity index (χ3n) is 7.14. The van der Waals surface area contributed by atoms with E-state index in [1.54, 1.807) is 13.1 Å². The van der Waals surface area contributed by atoms with E-state index in [0.717, 1.165) is 45.0 Å². The maximum absolute atomic E-state index is 13.3. The quantitative estimate of drug-likeness (QED) is 0.712. The molecule has 4 rings (SSSR count). The molecule has 1 saturated heterocycles. The number of nitrogen functional groups attached to an aromatic ring is 1. The van der Waals surface area contributed by atoms with Gasteiger partial charge >= 0.3 is 6.18 Å². The van der Waals surface area contributed by atoms with Crippen LogP contribution in [-0.4, -0.2) is 28.7 Å². The number of alkyl halides is 3. The molecule has 2 aromatic rings. The number of piperidine rings is 1. The summed E-state index contributed by atoms with van der Waals surface area (Å²) >= 11 is 0.704. The van der Waals surface area contributed by atoms with Gasteiger partial charge in [-0.3, -0.25) is 14.3 Å². The SMILES string of the molecule is C[C@@H]1CCC2(CCN(c3cc(N)c(Sc4cccnc4C(F)(F)F)c(=O)n3C)CC2)[C@@H]1N. The van der Waals surface area contributed by atoms with E-state index < -0.39 is 17.4 Å². The summed E-state index contributed by atoms with van der Waals surface area (Å²) in [5.74, 6) is 1.19. The maximum atomic E-state index is 13.3. The predicted octanol–water partition coefficient (Wildman–Crippen LogP) is 3.88. The van der Waals surface area contributed by atoms with Crippen LogP contribution in [0.2, 0.25) is 0 Å². The molecule has 2 atom stereocenters. The van der Waals surface area contributed by atoms with Crippen LogP contribution >= 0.6 is 11.8 Å². The Kier molecular flexibility index (Phi) is 5.96. The molecule has 2 aromatic heterocycles. The molecule has 3 heterocycles. The van der Waals surface area contributed by atoms with Gasteiger partial charge in [0.15, 0.2) is 5.69 Å². The van der Waals surface area contributed by atoms with E-state index in [1.807, 2.05) is 0 Å². The Morgan fingerprint density at radius 1 is 1.25 bits per heavy atom. The Morgan fingerprint density at radius 2 is 1.94 bits per heavy atom. The van der Waals surface area contributed by atoms with Crippen LogP contribution in [0.5, 0.6) is 0 Å². The molecule has 1 aliphatic heterocycles. The predicted molar refractivity (Wildman–Crippen MR) is 120 cm³/mol. The molecule has 0 aromatic carbocycles. The van der Waals surface area contributed by atoms with Crippen LogP contribution in [0, 0.1) is 11.3 Å². The van der Waals surface area contributed by atoms with Gasteiger partial charge in [-0.1, -0.05) is 18.7 Å². The van der Waals surface area contributed by atoms with Gasteiger partial charge in [0, 0.05) is 43.3 Å². The number of rotatable bonds is 3. The minimum atomic E-state index is -4.62. The van der Waals surface area contributed by atoms with Gasteiger partial charge in [0.1, 0.15) is 10.7 Å². The molecule has 0 radical (unpaired) electrons. The molecule has 1 saturated carbocycles. The summed E-state index contributed by atoms with van der Waals surface area (Å²) in [6.45, 7) is 3.74. The van der Waals surface area contributed by atoms with Gasteiger partial charge in [-0.2, -0.15) is 13.2 Å². The summed E-state index contributed by atoms with van der Waals surface area (Å²) in [6, 6.07) is 4.58. The molecular weight excluding hydrogens is 439 g/mol. The molecule has 32 heavy (non-hydrogen) atoms. The van der Waals surface area contributed by atoms with Crippen LogP contribution in [0.1, 0.15) is 38.3 Å². The van der Waals surface area contributed by atoms with Crippen LogP contribution in [-0.2, 0) is 13.2 Å². The summed E-state index contributed by atoms with van der Waals surface area (Å²) < 4.78 is 41.4. The lowest BCUT2D eigenvalue weighted by atomic mass is 9.73. The molecule has 1 spiro atoms. The van der Waals surface area contributed by atoms with Crippen molar-refractivity contribution in [1.29, 1.82) is 0 Å². The average molecular weight is 468 g/mol. The zero-order chi connectivity index (χ0) is 23.3. The topological polar surface area (TPSA) is 90.2 Å². The molecular formula is C22H28F3N5OS. The fourth-order valence-electron chi connectivity index (χ4n) is 5.11. The Hall–Kier alpha value is -2.20. The molecule has 2 aliphatic rings. The van der Waals surface area contributed by atoms with Gasteiger partial charge in [-0.15, -0.1) is 0 Å². The molecule has 0 amide bonds. The molecule has 0 bridgehead atoms. The van der Waals surface area contributed by atoms with Crippen molar-refractivity contribution >= 4 is 23.3 Å². The highest BCUT2D eigenvalue weighted by molar-refractivity contribution is 7.99. The zero-order valence-electron chi connectivity index (χ0n) is 18.2. The second kappa shape index (κ2) is 8.30. The Labute approximate surface area is 189 Å². The monoisotopic (exact) mass is 467 g/mol. The lowest BCUT2D eigenvalue weighted by molar-refractivity contribution is -0.143. The lowest BCUT2D eigenvalue weighted by Crippen LogP contribution is -2.49. The van der Waals surface area contributed by atoms with Crippen molar-refractivity contribution in [3.63, 3.8) is 0 Å². The average Bonchev–Trinajstić information content (AvgIpc) is 3.02. The Balaban J connectivity index is 1.59. The lowest BCUT2D eigenvalue weighted by Gasteiger charge is -2.43. The molecule has 0 unspecified atom stereocenters. The maximum Gasteiger partial charge on any atom is 0.434 e. The van der Waals surface area contributed by atoms with Gasteiger partial charge in [0.05, 0.1) is 5.69 Å². The van der Waals surface area contributed by atoms with Crippen LogP contribution < -0.4 is 21.9 Å². The minimum absolute atomic E-state index is 0.0647. The summed E-state index contributed by atoms with van der Waals surface area (Å²) in [7, 11) is 1.63. The van der Waals surface area contributed by atoms with E-state index in [9.17, 15) is 18.0 Å². The summed E-state index contributed by atoms with van der Waals surface area (Å²) in [5.41, 5.74) is 11.6. The van der Waals surface area contributed by atoms with Gasteiger partial charge < -0.3 is 16.4 Å². The fourth-order valence-corrected chi connectivity index (χ4v) is 6.15. The first-order valence-electron chi connectivity index (χ1n) is 10.7. The van der Waals surface area contributed by atoms with E-state index in [2.05, 4.69) is 16.8 Å². The highest BCUT2D eigenvalue weighted by atomic mass is 32.2. The number of nitrogens with zero attached hydrogens (tertiary/aromatic N) is 3. The van der Waals surface area contributed by atoms with E-state index in [4.69, 9.17) is 11.5 Å². The Morgan fingerprint density at radius 3 is 2.53 bits per heavy atom. The first-order valence-corrected chi connectivity index (χ1v) is 11.6. The van der Waals surface area contributed by atoms with Gasteiger partial charge in [-0.05, 0) is 49.1 Å². The highest BCUT2D eigenvalue weighted by Crippen LogP contribution is 2.48. The fraction of sp³-hybridized carbons (Fsp3) is 0.545. The second-order valence-corrected chi connectivity index (χ2v) is 10.0. The normalized spacial score (nSPS) is 23.1. The van der Waals surface area contributed by atoms with E-state index >= 15 is 0 Å². The summed E-state index contributed by atoms with van der Waals surface area (Å²) in [6.07, 6.45) is 0.643. The molecule has 174 valence electrons. The van der Waals surface area contributed by atoms with Crippen molar-refractivity contribution in [3.8, 4) is 0 Å². The smallest absolute Gasteiger partial charge is 0.398 e. The highest BCUT2D eigenvalue weighted by Gasteiger charge is 2.46. The first-order chi connectivity index (χ1) is 15.0. The van der Waals surface area contributed by atoms with Crippen molar-refractivity contribution < 1.29 is 13.2 Å². The van der Waals surface area contributed by atoms with E-state index in [1.165, 1.54) is 16.7 Å². The molecule has 1 aliphatic carbocycles. The third-order valence-corrected chi connectivity index (χ3v) is 8.31. The summed E-state index contributed by atoms with van der Waals surface area (Å²) in [5, 5.41) is 0. The first kappa shape index (κ1) is 23.0. The molecule has 4 N–H and O–H groups in total. The second-order valence-electron chi connectivity index (χ2n) is 8.99. The van der Waals surface area contributed by atoms with E-state index in [0.29, 0.717) is 23.5 Å². The van der Waals surface area contributed by atoms with Crippen molar-refractivity contribution in [2.45, 2.75) is 54.6 Å². The van der Waals surface area contributed by atoms with Crippen LogP contribution in [0.15, 0.2) is 39.0 Å². The van der Waals surface area contributed by atoms with Gasteiger partial charge in [0.2, 0.25) is 0 Å². The van der Waals surface area contributed by atoms with Gasteiger partial charge in [-0.25, -0.2) is 0 Å². The third kappa shape index (κ3) is 3.98. The number of nitrogens with two attached hydrogens (primary N) is 2. The van der Waals surface area contributed by atoms with Crippen LogP contribution in [0.3, 0.4) is 0 Å². The molecule has 10 heteroatoms.